The molecule has 3 aromatic rings. The fourth-order valence-corrected chi connectivity index (χ4v) is 2.88. The van der Waals surface area contributed by atoms with E-state index in [1.165, 1.54) is 4.68 Å². The van der Waals surface area contributed by atoms with Gasteiger partial charge in [0, 0.05) is 12.1 Å². The summed E-state index contributed by atoms with van der Waals surface area (Å²) in [6.45, 7) is 4.41. The largest absolute Gasteiger partial charge is 0.493 e. The third-order valence-electron chi connectivity index (χ3n) is 4.30. The zero-order valence-corrected chi connectivity index (χ0v) is 17.6. The Balaban J connectivity index is 1.56. The Hall–Kier alpha value is -3.55. The normalized spacial score (nSPS) is 10.7. The summed E-state index contributed by atoms with van der Waals surface area (Å²) in [5, 5.41) is 11.1. The Labute approximate surface area is 175 Å². The summed E-state index contributed by atoms with van der Waals surface area (Å²) in [4.78, 5) is 12.3. The number of carbonyl (C=O) groups is 1. The smallest absolute Gasteiger partial charge is 0.242 e. The summed E-state index contributed by atoms with van der Waals surface area (Å²) in [5.41, 5.74) is 2.51. The molecule has 1 amide bonds. The first-order valence-electron chi connectivity index (χ1n) is 9.63. The van der Waals surface area contributed by atoms with Crippen LogP contribution in [0.1, 0.15) is 19.4 Å². The average Bonchev–Trinajstić information content (AvgIpc) is 3.20. The van der Waals surface area contributed by atoms with E-state index in [1.54, 1.807) is 20.4 Å². The number of amides is 1. The van der Waals surface area contributed by atoms with Crippen molar-refractivity contribution in [2.45, 2.75) is 33.0 Å². The molecule has 158 valence electrons. The van der Waals surface area contributed by atoms with Crippen molar-refractivity contribution in [2.75, 3.05) is 14.2 Å². The maximum Gasteiger partial charge on any atom is 0.242 e. The molecule has 0 saturated carbocycles. The Morgan fingerprint density at radius 2 is 1.80 bits per heavy atom. The van der Waals surface area contributed by atoms with Crippen molar-refractivity contribution in [2.24, 2.45) is 0 Å². The van der Waals surface area contributed by atoms with Crippen LogP contribution in [0.4, 0.5) is 0 Å². The van der Waals surface area contributed by atoms with Crippen molar-refractivity contribution >= 4 is 5.91 Å². The SMILES string of the molecule is COc1ccc(CNC(=O)Cn2cc(-c3ccc(OC(C)C)cc3)nn2)cc1OC. The summed E-state index contributed by atoms with van der Waals surface area (Å²) in [7, 11) is 3.16. The highest BCUT2D eigenvalue weighted by atomic mass is 16.5. The third kappa shape index (κ3) is 5.50. The van der Waals surface area contributed by atoms with Crippen molar-refractivity contribution in [1.29, 1.82) is 0 Å². The summed E-state index contributed by atoms with van der Waals surface area (Å²) >= 11 is 0. The molecule has 0 aliphatic rings. The average molecular weight is 410 g/mol. The van der Waals surface area contributed by atoms with Crippen molar-refractivity contribution in [3.63, 3.8) is 0 Å². The lowest BCUT2D eigenvalue weighted by molar-refractivity contribution is -0.122. The molecule has 1 aromatic heterocycles. The number of hydrogen-bond donors (Lipinski definition) is 1. The van der Waals surface area contributed by atoms with Gasteiger partial charge in [0.25, 0.3) is 0 Å². The fourth-order valence-electron chi connectivity index (χ4n) is 2.88. The van der Waals surface area contributed by atoms with Gasteiger partial charge in [-0.15, -0.1) is 5.10 Å². The van der Waals surface area contributed by atoms with Crippen LogP contribution in [0.2, 0.25) is 0 Å². The minimum atomic E-state index is -0.165. The van der Waals surface area contributed by atoms with Crippen molar-refractivity contribution < 1.29 is 19.0 Å². The van der Waals surface area contributed by atoms with E-state index in [-0.39, 0.29) is 18.6 Å². The van der Waals surface area contributed by atoms with E-state index in [1.807, 2.05) is 56.3 Å². The van der Waals surface area contributed by atoms with Gasteiger partial charge in [0.05, 0.1) is 26.5 Å². The second kappa shape index (κ2) is 9.78. The van der Waals surface area contributed by atoms with Gasteiger partial charge in [-0.2, -0.15) is 0 Å². The standard InChI is InChI=1S/C22H26N4O4/c1-15(2)30-18-8-6-17(7-9-18)19-13-26(25-24-19)14-22(27)23-12-16-5-10-20(28-3)21(11-16)29-4/h5-11,13,15H,12,14H2,1-4H3,(H,23,27). The fraction of sp³-hybridized carbons (Fsp3) is 0.318. The van der Waals surface area contributed by atoms with Gasteiger partial charge in [-0.1, -0.05) is 11.3 Å². The first kappa shape index (κ1) is 21.2. The molecule has 2 aromatic carbocycles. The highest BCUT2D eigenvalue weighted by molar-refractivity contribution is 5.75. The van der Waals surface area contributed by atoms with Crippen LogP contribution in [-0.4, -0.2) is 41.2 Å². The zero-order valence-electron chi connectivity index (χ0n) is 17.6. The van der Waals surface area contributed by atoms with E-state index < -0.39 is 0 Å². The summed E-state index contributed by atoms with van der Waals surface area (Å²) in [6.07, 6.45) is 1.86. The maximum absolute atomic E-state index is 12.3. The van der Waals surface area contributed by atoms with Gasteiger partial charge < -0.3 is 19.5 Å². The number of nitrogens with zero attached hydrogens (tertiary/aromatic N) is 3. The number of ether oxygens (including phenoxy) is 3. The number of aromatic nitrogens is 3. The van der Waals surface area contributed by atoms with Gasteiger partial charge in [-0.05, 0) is 55.8 Å². The molecule has 3 rings (SSSR count). The van der Waals surface area contributed by atoms with Crippen molar-refractivity contribution in [3.05, 3.63) is 54.2 Å². The van der Waals surface area contributed by atoms with Crippen molar-refractivity contribution in [1.82, 2.24) is 20.3 Å². The number of benzene rings is 2. The van der Waals surface area contributed by atoms with E-state index in [0.29, 0.717) is 23.7 Å². The van der Waals surface area contributed by atoms with Crippen LogP contribution < -0.4 is 19.5 Å². The van der Waals surface area contributed by atoms with Crippen molar-refractivity contribution in [3.8, 4) is 28.5 Å². The molecule has 0 bridgehead atoms. The number of hydrogen-bond acceptors (Lipinski definition) is 6. The molecule has 8 nitrogen and oxygen atoms in total. The molecule has 0 unspecified atom stereocenters. The lowest BCUT2D eigenvalue weighted by Crippen LogP contribution is -2.27. The quantitative estimate of drug-likeness (QED) is 0.583. The molecular formula is C22H26N4O4. The van der Waals surface area contributed by atoms with Crippen LogP contribution >= 0.6 is 0 Å². The van der Waals surface area contributed by atoms with E-state index in [9.17, 15) is 4.79 Å². The van der Waals surface area contributed by atoms with Crippen LogP contribution in [0.5, 0.6) is 17.2 Å². The van der Waals surface area contributed by atoms with Gasteiger partial charge in [-0.25, -0.2) is 4.68 Å². The number of methoxy groups -OCH3 is 2. The van der Waals surface area contributed by atoms with Gasteiger partial charge in [0.15, 0.2) is 11.5 Å². The highest BCUT2D eigenvalue weighted by Crippen LogP contribution is 2.27. The summed E-state index contributed by atoms with van der Waals surface area (Å²) in [5.74, 6) is 1.90. The van der Waals surface area contributed by atoms with Crippen LogP contribution in [0.25, 0.3) is 11.3 Å². The van der Waals surface area contributed by atoms with Gasteiger partial charge in [-0.3, -0.25) is 4.79 Å². The second-order valence-electron chi connectivity index (χ2n) is 6.96. The molecular weight excluding hydrogens is 384 g/mol. The molecule has 0 aliphatic carbocycles. The number of carbonyl (C=O) groups excluding carboxylic acids is 1. The van der Waals surface area contributed by atoms with Crippen LogP contribution in [0.3, 0.4) is 0 Å². The molecule has 0 atom stereocenters. The lowest BCUT2D eigenvalue weighted by atomic mass is 10.1. The third-order valence-corrected chi connectivity index (χ3v) is 4.30. The Morgan fingerprint density at radius 3 is 2.47 bits per heavy atom. The zero-order chi connectivity index (χ0) is 21.5. The highest BCUT2D eigenvalue weighted by Gasteiger charge is 2.10. The number of rotatable bonds is 9. The van der Waals surface area contributed by atoms with E-state index in [2.05, 4.69) is 15.6 Å². The van der Waals surface area contributed by atoms with Crippen LogP contribution in [0.15, 0.2) is 48.7 Å². The van der Waals surface area contributed by atoms with E-state index in [4.69, 9.17) is 14.2 Å². The Bertz CT molecular complexity index is 983. The first-order chi connectivity index (χ1) is 14.5. The minimum absolute atomic E-state index is 0.0782. The molecule has 0 fully saturated rings. The Kier molecular flexibility index (Phi) is 6.90. The summed E-state index contributed by atoms with van der Waals surface area (Å²) in [6, 6.07) is 13.1. The lowest BCUT2D eigenvalue weighted by Gasteiger charge is -2.10. The van der Waals surface area contributed by atoms with Gasteiger partial charge in [0.2, 0.25) is 5.91 Å². The van der Waals surface area contributed by atoms with E-state index in [0.717, 1.165) is 16.9 Å². The molecule has 0 radical (unpaired) electrons. The molecule has 0 saturated heterocycles. The first-order valence-corrected chi connectivity index (χ1v) is 9.63. The monoisotopic (exact) mass is 410 g/mol. The molecule has 30 heavy (non-hydrogen) atoms. The topological polar surface area (TPSA) is 87.5 Å². The second-order valence-corrected chi connectivity index (χ2v) is 6.96. The molecule has 1 N–H and O–H groups in total. The van der Waals surface area contributed by atoms with Crippen LogP contribution in [-0.2, 0) is 17.9 Å². The number of nitrogens with one attached hydrogen (secondary N) is 1. The summed E-state index contributed by atoms with van der Waals surface area (Å²) < 4.78 is 17.7. The molecule has 0 spiro atoms. The van der Waals surface area contributed by atoms with Crippen LogP contribution in [0, 0.1) is 0 Å². The van der Waals surface area contributed by atoms with E-state index >= 15 is 0 Å². The minimum Gasteiger partial charge on any atom is -0.493 e. The van der Waals surface area contributed by atoms with Gasteiger partial charge in [0.1, 0.15) is 18.0 Å². The molecule has 1 heterocycles. The molecule has 8 heteroatoms. The maximum atomic E-state index is 12.3. The molecule has 0 aliphatic heterocycles. The Morgan fingerprint density at radius 1 is 1.07 bits per heavy atom. The van der Waals surface area contributed by atoms with Gasteiger partial charge >= 0.3 is 0 Å². The predicted molar refractivity (Wildman–Crippen MR) is 113 cm³/mol. The predicted octanol–water partition coefficient (Wildman–Crippen LogP) is 3.07.